The monoisotopic (exact) mass is 470 g/mol. The van der Waals surface area contributed by atoms with Crippen molar-refractivity contribution in [3.63, 3.8) is 0 Å². The van der Waals surface area contributed by atoms with Gasteiger partial charge >= 0.3 is 0 Å². The molecule has 5 nitrogen and oxygen atoms in total. The Morgan fingerprint density at radius 1 is 0.970 bits per heavy atom. The van der Waals surface area contributed by atoms with Crippen molar-refractivity contribution in [3.05, 3.63) is 65.7 Å². The summed E-state index contributed by atoms with van der Waals surface area (Å²) in [6, 6.07) is 15.9. The van der Waals surface area contributed by atoms with Crippen LogP contribution in [-0.4, -0.2) is 46.0 Å². The van der Waals surface area contributed by atoms with Gasteiger partial charge in [-0.3, -0.25) is 0 Å². The van der Waals surface area contributed by atoms with Crippen molar-refractivity contribution < 1.29 is 23.7 Å². The minimum absolute atomic E-state index is 0.0487. The van der Waals surface area contributed by atoms with Gasteiger partial charge in [0, 0.05) is 12.0 Å². The normalized spacial score (nSPS) is 21.5. The van der Waals surface area contributed by atoms with Crippen LogP contribution in [0.25, 0.3) is 5.57 Å². The van der Waals surface area contributed by atoms with Crippen LogP contribution in [0.5, 0.6) is 11.5 Å². The Morgan fingerprint density at radius 2 is 1.67 bits per heavy atom. The second-order valence-electron chi connectivity index (χ2n) is 10.1. The molecule has 0 bridgehead atoms. The summed E-state index contributed by atoms with van der Waals surface area (Å²) in [6.07, 6.45) is 1.11. The van der Waals surface area contributed by atoms with E-state index in [0.717, 1.165) is 16.7 Å². The first-order valence-electron chi connectivity index (χ1n) is 11.5. The lowest BCUT2D eigenvalue weighted by Gasteiger charge is -2.43. The topological polar surface area (TPSA) is 57.2 Å². The molecule has 2 aromatic carbocycles. The van der Waals surface area contributed by atoms with Crippen LogP contribution in [-0.2, 0) is 15.8 Å². The lowest BCUT2D eigenvalue weighted by molar-refractivity contribution is -0.00857. The van der Waals surface area contributed by atoms with Crippen LogP contribution in [0.4, 0.5) is 0 Å². The minimum atomic E-state index is -2.07. The molecule has 0 aromatic heterocycles. The number of hydrogen-bond donors (Lipinski definition) is 1. The molecule has 0 amide bonds. The summed E-state index contributed by atoms with van der Waals surface area (Å²) in [5.41, 5.74) is 2.85. The van der Waals surface area contributed by atoms with Gasteiger partial charge in [-0.2, -0.15) is 0 Å². The zero-order valence-electron chi connectivity index (χ0n) is 20.9. The SMILES string of the molecule is COc1cccc(C2=C[C@H](O)[C@H](O[Si](C)(C)C(C)(C)C)C[C@@H]2OCc2ccccc2)c1OC. The maximum Gasteiger partial charge on any atom is 0.192 e. The predicted octanol–water partition coefficient (Wildman–Crippen LogP) is 5.83. The van der Waals surface area contributed by atoms with Crippen molar-refractivity contribution in [2.24, 2.45) is 0 Å². The van der Waals surface area contributed by atoms with Crippen molar-refractivity contribution >= 4 is 13.9 Å². The smallest absolute Gasteiger partial charge is 0.192 e. The molecule has 6 heteroatoms. The molecule has 0 saturated carbocycles. The van der Waals surface area contributed by atoms with Crippen LogP contribution in [0.3, 0.4) is 0 Å². The van der Waals surface area contributed by atoms with Gasteiger partial charge in [-0.25, -0.2) is 0 Å². The summed E-state index contributed by atoms with van der Waals surface area (Å²) < 4.78 is 24.3. The third-order valence-electron chi connectivity index (χ3n) is 6.78. The maximum absolute atomic E-state index is 11.1. The van der Waals surface area contributed by atoms with Crippen LogP contribution in [0, 0.1) is 0 Å². The highest BCUT2D eigenvalue weighted by atomic mass is 28.4. The molecule has 180 valence electrons. The van der Waals surface area contributed by atoms with Gasteiger partial charge in [-0.1, -0.05) is 63.2 Å². The molecule has 0 aliphatic heterocycles. The summed E-state index contributed by atoms with van der Waals surface area (Å²) >= 11 is 0. The molecule has 2 aromatic rings. The first-order valence-corrected chi connectivity index (χ1v) is 14.4. The third-order valence-corrected chi connectivity index (χ3v) is 11.3. The minimum Gasteiger partial charge on any atom is -0.493 e. The molecule has 1 N–H and O–H groups in total. The molecule has 0 saturated heterocycles. The molecule has 3 rings (SSSR count). The van der Waals surface area contributed by atoms with Gasteiger partial charge in [0.05, 0.1) is 39.1 Å². The number of aliphatic hydroxyl groups is 1. The fourth-order valence-corrected chi connectivity index (χ4v) is 5.20. The number of ether oxygens (including phenoxy) is 3. The number of methoxy groups -OCH3 is 2. The molecule has 0 unspecified atom stereocenters. The molecule has 0 spiro atoms. The molecule has 3 atom stereocenters. The van der Waals surface area contributed by atoms with E-state index < -0.39 is 14.4 Å². The molecule has 0 heterocycles. The number of aliphatic hydroxyl groups excluding tert-OH is 1. The number of rotatable bonds is 8. The van der Waals surface area contributed by atoms with E-state index in [1.807, 2.05) is 42.5 Å². The van der Waals surface area contributed by atoms with Gasteiger partial charge < -0.3 is 23.7 Å². The van der Waals surface area contributed by atoms with E-state index in [1.165, 1.54) is 0 Å². The van der Waals surface area contributed by atoms with Crippen LogP contribution in [0.1, 0.15) is 38.3 Å². The molecule has 1 aliphatic rings. The predicted molar refractivity (Wildman–Crippen MR) is 135 cm³/mol. The van der Waals surface area contributed by atoms with Crippen molar-refractivity contribution in [2.45, 2.75) is 70.2 Å². The molecular formula is C27H38O5Si. The standard InChI is InChI=1S/C27H38O5Si/c1-27(2,3)33(6,7)32-25-17-24(31-18-19-12-9-8-10-13-19)21(16-22(25)28)20-14-11-15-23(29-4)26(20)30-5/h8-16,22,24-25,28H,17-18H2,1-7H3/t22-,24-,25+/m0/s1. The second kappa shape index (κ2) is 10.4. The van der Waals surface area contributed by atoms with Crippen LogP contribution >= 0.6 is 0 Å². The van der Waals surface area contributed by atoms with Crippen molar-refractivity contribution in [3.8, 4) is 11.5 Å². The highest BCUT2D eigenvalue weighted by Gasteiger charge is 2.43. The lowest BCUT2D eigenvalue weighted by atomic mass is 9.87. The van der Waals surface area contributed by atoms with Gasteiger partial charge in [0.2, 0.25) is 0 Å². The average molecular weight is 471 g/mol. The Kier molecular flexibility index (Phi) is 8.06. The van der Waals surface area contributed by atoms with E-state index in [2.05, 4.69) is 46.0 Å². The van der Waals surface area contributed by atoms with Crippen LogP contribution in [0.2, 0.25) is 18.1 Å². The fraction of sp³-hybridized carbons (Fsp3) is 0.481. The zero-order valence-corrected chi connectivity index (χ0v) is 21.9. The summed E-state index contributed by atoms with van der Waals surface area (Å²) in [4.78, 5) is 0. The van der Waals surface area contributed by atoms with Gasteiger partial charge in [-0.15, -0.1) is 0 Å². The van der Waals surface area contributed by atoms with E-state index >= 15 is 0 Å². The lowest BCUT2D eigenvalue weighted by Crippen LogP contribution is -2.49. The Balaban J connectivity index is 1.97. The summed E-state index contributed by atoms with van der Waals surface area (Å²) in [6.45, 7) is 11.5. The van der Waals surface area contributed by atoms with Gasteiger partial charge in [0.1, 0.15) is 0 Å². The Labute approximate surface area is 199 Å². The van der Waals surface area contributed by atoms with Gasteiger partial charge in [0.15, 0.2) is 19.8 Å². The van der Waals surface area contributed by atoms with E-state index in [0.29, 0.717) is 24.5 Å². The Morgan fingerprint density at radius 3 is 2.27 bits per heavy atom. The molecular weight excluding hydrogens is 432 g/mol. The molecule has 1 aliphatic carbocycles. The average Bonchev–Trinajstić information content (AvgIpc) is 2.78. The van der Waals surface area contributed by atoms with Crippen molar-refractivity contribution in [2.75, 3.05) is 14.2 Å². The highest BCUT2D eigenvalue weighted by Crippen LogP contribution is 2.43. The number of benzene rings is 2. The van der Waals surface area contributed by atoms with Crippen molar-refractivity contribution in [1.29, 1.82) is 0 Å². The number of para-hydroxylation sites is 1. The second-order valence-corrected chi connectivity index (χ2v) is 14.8. The van der Waals surface area contributed by atoms with Gasteiger partial charge in [-0.05, 0) is 41.4 Å². The van der Waals surface area contributed by atoms with E-state index in [4.69, 9.17) is 18.6 Å². The van der Waals surface area contributed by atoms with Crippen molar-refractivity contribution in [1.82, 2.24) is 0 Å². The largest absolute Gasteiger partial charge is 0.493 e. The van der Waals surface area contributed by atoms with Crippen LogP contribution in [0.15, 0.2) is 54.6 Å². The quantitative estimate of drug-likeness (QED) is 0.492. The summed E-state index contributed by atoms with van der Waals surface area (Å²) in [5.74, 6) is 1.28. The summed E-state index contributed by atoms with van der Waals surface area (Å²) in [7, 11) is 1.18. The van der Waals surface area contributed by atoms with E-state index in [1.54, 1.807) is 14.2 Å². The Bertz CT molecular complexity index is 949. The molecule has 33 heavy (non-hydrogen) atoms. The molecule has 0 radical (unpaired) electrons. The fourth-order valence-electron chi connectivity index (χ4n) is 3.86. The van der Waals surface area contributed by atoms with E-state index in [-0.39, 0.29) is 17.2 Å². The maximum atomic E-state index is 11.1. The first kappa shape index (κ1) is 25.5. The highest BCUT2D eigenvalue weighted by molar-refractivity contribution is 6.74. The Hall–Kier alpha value is -2.12. The first-order chi connectivity index (χ1) is 15.6. The summed E-state index contributed by atoms with van der Waals surface area (Å²) in [5, 5.41) is 11.2. The third kappa shape index (κ3) is 5.87. The zero-order chi connectivity index (χ0) is 24.2. The molecule has 0 fully saturated rings. The van der Waals surface area contributed by atoms with Crippen LogP contribution < -0.4 is 9.47 Å². The van der Waals surface area contributed by atoms with Gasteiger partial charge in [0.25, 0.3) is 0 Å². The van der Waals surface area contributed by atoms with E-state index in [9.17, 15) is 5.11 Å². The number of hydrogen-bond acceptors (Lipinski definition) is 5.